The summed E-state index contributed by atoms with van der Waals surface area (Å²) in [5.41, 5.74) is -1.48. The predicted molar refractivity (Wildman–Crippen MR) is 85.7 cm³/mol. The van der Waals surface area contributed by atoms with Crippen LogP contribution in [-0.4, -0.2) is 42.1 Å². The number of carbonyl (C=O) groups is 3. The lowest BCUT2D eigenvalue weighted by atomic mass is 9.63. The van der Waals surface area contributed by atoms with Gasteiger partial charge in [0.15, 0.2) is 5.60 Å². The van der Waals surface area contributed by atoms with Crippen molar-refractivity contribution >= 4 is 23.8 Å². The van der Waals surface area contributed by atoms with Crippen LogP contribution in [-0.2, 0) is 23.9 Å². The number of methoxy groups -OCH3 is 1. The number of esters is 2. The van der Waals surface area contributed by atoms with Gasteiger partial charge < -0.3 is 14.6 Å². The van der Waals surface area contributed by atoms with Gasteiger partial charge in [-0.3, -0.25) is 9.59 Å². The van der Waals surface area contributed by atoms with E-state index in [0.717, 1.165) is 12.7 Å². The van der Waals surface area contributed by atoms with E-state index in [2.05, 4.69) is 4.74 Å². The first-order valence-electron chi connectivity index (χ1n) is 7.68. The van der Waals surface area contributed by atoms with Gasteiger partial charge in [0.25, 0.3) is 0 Å². The molecule has 2 rings (SSSR count). The minimum Gasteiger partial charge on any atom is -0.467 e. The van der Waals surface area contributed by atoms with Gasteiger partial charge in [-0.15, -0.1) is 0 Å². The van der Waals surface area contributed by atoms with E-state index in [1.807, 2.05) is 6.07 Å². The van der Waals surface area contributed by atoms with Crippen molar-refractivity contribution in [3.8, 4) is 0 Å². The predicted octanol–water partition coefficient (Wildman–Crippen LogP) is 1.37. The third-order valence-electron chi connectivity index (χ3n) is 4.08. The van der Waals surface area contributed by atoms with Crippen LogP contribution in [0.5, 0.6) is 0 Å². The van der Waals surface area contributed by atoms with Crippen molar-refractivity contribution in [1.82, 2.24) is 0 Å². The fourth-order valence-electron chi connectivity index (χ4n) is 2.80. The van der Waals surface area contributed by atoms with Crippen molar-refractivity contribution in [3.63, 3.8) is 0 Å². The van der Waals surface area contributed by atoms with E-state index in [1.165, 1.54) is 12.2 Å². The zero-order valence-corrected chi connectivity index (χ0v) is 13.6. The number of hydrogen-bond acceptors (Lipinski definition) is 6. The monoisotopic (exact) mass is 332 g/mol. The summed E-state index contributed by atoms with van der Waals surface area (Å²) in [6, 6.07) is 8.98. The molecule has 0 amide bonds. The highest BCUT2D eigenvalue weighted by atomic mass is 16.5. The second kappa shape index (κ2) is 7.40. The lowest BCUT2D eigenvalue weighted by molar-refractivity contribution is -0.181. The lowest BCUT2D eigenvalue weighted by Crippen LogP contribution is -2.59. The summed E-state index contributed by atoms with van der Waals surface area (Å²) >= 11 is 0. The van der Waals surface area contributed by atoms with E-state index in [1.54, 1.807) is 31.2 Å². The Balaban J connectivity index is 2.33. The van der Waals surface area contributed by atoms with Crippen LogP contribution in [0.25, 0.3) is 6.08 Å². The summed E-state index contributed by atoms with van der Waals surface area (Å²) in [5, 5.41) is 10.8. The molecule has 1 saturated carbocycles. The van der Waals surface area contributed by atoms with Gasteiger partial charge in [-0.1, -0.05) is 36.4 Å². The Morgan fingerprint density at radius 1 is 1.33 bits per heavy atom. The molecular formula is C18H20O6. The Labute approximate surface area is 140 Å². The van der Waals surface area contributed by atoms with Crippen LogP contribution < -0.4 is 0 Å². The average Bonchev–Trinajstić information content (AvgIpc) is 2.58. The van der Waals surface area contributed by atoms with Gasteiger partial charge in [0, 0.05) is 6.42 Å². The van der Waals surface area contributed by atoms with Crippen molar-refractivity contribution < 1.29 is 29.0 Å². The number of ketones is 1. The second-order valence-corrected chi connectivity index (χ2v) is 5.57. The van der Waals surface area contributed by atoms with Gasteiger partial charge in [0.2, 0.25) is 0 Å². The number of hydrogen-bond donors (Lipinski definition) is 1. The van der Waals surface area contributed by atoms with Crippen molar-refractivity contribution in [3.05, 3.63) is 42.0 Å². The van der Waals surface area contributed by atoms with E-state index in [0.29, 0.717) is 0 Å². The van der Waals surface area contributed by atoms with E-state index in [-0.39, 0.29) is 18.8 Å². The van der Waals surface area contributed by atoms with Gasteiger partial charge in [0.05, 0.1) is 25.6 Å². The van der Waals surface area contributed by atoms with Crippen molar-refractivity contribution in [2.45, 2.75) is 18.9 Å². The first-order valence-corrected chi connectivity index (χ1v) is 7.68. The molecule has 1 aromatic rings. The minimum atomic E-state index is -2.21. The zero-order chi connectivity index (χ0) is 17.7. The Kier molecular flexibility index (Phi) is 5.51. The van der Waals surface area contributed by atoms with E-state index in [9.17, 15) is 19.5 Å². The number of rotatable bonds is 6. The van der Waals surface area contributed by atoms with E-state index >= 15 is 0 Å². The number of ether oxygens (including phenoxy) is 2. The molecule has 0 saturated heterocycles. The fraction of sp³-hybridized carbons (Fsp3) is 0.389. The fourth-order valence-corrected chi connectivity index (χ4v) is 2.80. The first kappa shape index (κ1) is 17.9. The number of aliphatic hydroxyl groups is 1. The topological polar surface area (TPSA) is 89.9 Å². The van der Waals surface area contributed by atoms with Crippen molar-refractivity contribution in [2.24, 2.45) is 11.8 Å². The summed E-state index contributed by atoms with van der Waals surface area (Å²) in [6.45, 7) is 1.81. The van der Waals surface area contributed by atoms with Crippen LogP contribution >= 0.6 is 0 Å². The Bertz CT molecular complexity index is 651. The lowest BCUT2D eigenvalue weighted by Gasteiger charge is -2.41. The maximum Gasteiger partial charge on any atom is 0.342 e. The van der Waals surface area contributed by atoms with Crippen LogP contribution in [0.1, 0.15) is 18.9 Å². The van der Waals surface area contributed by atoms with Crippen LogP contribution in [0.15, 0.2) is 36.4 Å². The summed E-state index contributed by atoms with van der Waals surface area (Å²) in [5.74, 6) is -4.02. The molecule has 1 aromatic carbocycles. The Morgan fingerprint density at radius 3 is 2.54 bits per heavy atom. The highest BCUT2D eigenvalue weighted by Crippen LogP contribution is 2.41. The molecule has 24 heavy (non-hydrogen) atoms. The molecule has 0 heterocycles. The van der Waals surface area contributed by atoms with Crippen LogP contribution in [0.3, 0.4) is 0 Å². The molecule has 1 N–H and O–H groups in total. The molecule has 6 nitrogen and oxygen atoms in total. The molecular weight excluding hydrogens is 312 g/mol. The molecule has 1 aliphatic rings. The molecule has 0 bridgehead atoms. The van der Waals surface area contributed by atoms with Gasteiger partial charge in [-0.2, -0.15) is 0 Å². The number of benzene rings is 1. The quantitative estimate of drug-likeness (QED) is 0.792. The van der Waals surface area contributed by atoms with Crippen molar-refractivity contribution in [1.29, 1.82) is 0 Å². The second-order valence-electron chi connectivity index (χ2n) is 5.57. The third kappa shape index (κ3) is 3.38. The Hall–Kier alpha value is -2.47. The Morgan fingerprint density at radius 2 is 2.00 bits per heavy atom. The normalized spacial score (nSPS) is 22.5. The number of carbonyl (C=O) groups excluding carboxylic acids is 3. The van der Waals surface area contributed by atoms with E-state index in [4.69, 9.17) is 4.74 Å². The molecule has 6 heteroatoms. The largest absolute Gasteiger partial charge is 0.467 e. The molecule has 3 atom stereocenters. The molecule has 3 unspecified atom stereocenters. The minimum absolute atomic E-state index is 0.0536. The van der Waals surface area contributed by atoms with Gasteiger partial charge >= 0.3 is 11.9 Å². The molecule has 1 aliphatic carbocycles. The van der Waals surface area contributed by atoms with Crippen LogP contribution in [0.2, 0.25) is 0 Å². The van der Waals surface area contributed by atoms with Gasteiger partial charge in [-0.25, -0.2) is 4.79 Å². The average molecular weight is 332 g/mol. The molecule has 0 radical (unpaired) electrons. The van der Waals surface area contributed by atoms with Gasteiger partial charge in [0.1, 0.15) is 5.78 Å². The summed E-state index contributed by atoms with van der Waals surface area (Å²) < 4.78 is 9.57. The van der Waals surface area contributed by atoms with Crippen molar-refractivity contribution in [2.75, 3.05) is 13.7 Å². The summed E-state index contributed by atoms with van der Waals surface area (Å²) in [4.78, 5) is 36.1. The molecule has 1 fully saturated rings. The number of Topliss-reactive ketones (excluding diaryl/α,β-unsaturated/α-hetero) is 1. The first-order chi connectivity index (χ1) is 11.4. The summed E-state index contributed by atoms with van der Waals surface area (Å²) in [6.07, 6.45) is 2.68. The van der Waals surface area contributed by atoms with Crippen LogP contribution in [0, 0.1) is 11.8 Å². The smallest absolute Gasteiger partial charge is 0.342 e. The standard InChI is InChI=1S/C18H20O6/c1-3-24-16(20)13-11-14(19)15(13)18(22,17(21)23-2)10-9-12-7-5-4-6-8-12/h4-10,13,15,22H,3,11H2,1-2H3/b10-9+. The highest BCUT2D eigenvalue weighted by molar-refractivity contribution is 6.02. The van der Waals surface area contributed by atoms with Gasteiger partial charge in [-0.05, 0) is 18.6 Å². The summed E-state index contributed by atoms with van der Waals surface area (Å²) in [7, 11) is 1.12. The zero-order valence-electron chi connectivity index (χ0n) is 13.6. The maximum atomic E-state index is 12.1. The molecule has 0 aliphatic heterocycles. The molecule has 128 valence electrons. The van der Waals surface area contributed by atoms with E-state index < -0.39 is 29.4 Å². The van der Waals surface area contributed by atoms with Crippen LogP contribution in [0.4, 0.5) is 0 Å². The highest BCUT2D eigenvalue weighted by Gasteiger charge is 2.59. The molecule has 0 aromatic heterocycles. The molecule has 0 spiro atoms. The SMILES string of the molecule is CCOC(=O)C1CC(=O)C1C(O)(/C=C/c1ccccc1)C(=O)OC. The third-order valence-corrected chi connectivity index (χ3v) is 4.08. The maximum absolute atomic E-state index is 12.1.